The molecule has 4 heteroatoms. The molecular formula is C20H36N2O2. The molecule has 1 atom stereocenters. The lowest BCUT2D eigenvalue weighted by Crippen LogP contribution is -2.56. The van der Waals surface area contributed by atoms with Crippen LogP contribution in [0.2, 0.25) is 0 Å². The predicted molar refractivity (Wildman–Crippen MR) is 99.5 cm³/mol. The average Bonchev–Trinajstić information content (AvgIpc) is 2.45. The molecular weight excluding hydrogens is 300 g/mol. The number of rotatable bonds is 7. The van der Waals surface area contributed by atoms with Crippen molar-refractivity contribution in [1.82, 2.24) is 10.6 Å². The van der Waals surface area contributed by atoms with Crippen molar-refractivity contribution in [2.75, 3.05) is 0 Å². The fraction of sp³-hybridized carbons (Fsp3) is 0.800. The predicted octanol–water partition coefficient (Wildman–Crippen LogP) is 3.81. The summed E-state index contributed by atoms with van der Waals surface area (Å²) in [6.45, 7) is 16.1. The molecule has 24 heavy (non-hydrogen) atoms. The molecule has 0 aromatic heterocycles. The van der Waals surface area contributed by atoms with Crippen molar-refractivity contribution >= 4 is 11.8 Å². The van der Waals surface area contributed by atoms with E-state index in [-0.39, 0.29) is 17.4 Å². The Morgan fingerprint density at radius 2 is 1.71 bits per heavy atom. The van der Waals surface area contributed by atoms with Crippen molar-refractivity contribution < 1.29 is 9.59 Å². The van der Waals surface area contributed by atoms with E-state index >= 15 is 0 Å². The van der Waals surface area contributed by atoms with E-state index in [1.807, 2.05) is 0 Å². The van der Waals surface area contributed by atoms with Gasteiger partial charge in [-0.2, -0.15) is 0 Å². The molecule has 0 saturated heterocycles. The minimum atomic E-state index is -0.492. The second kappa shape index (κ2) is 8.68. The Hall–Kier alpha value is -1.32. The summed E-state index contributed by atoms with van der Waals surface area (Å²) in [6.07, 6.45) is 4.95. The van der Waals surface area contributed by atoms with Crippen LogP contribution in [0.4, 0.5) is 0 Å². The van der Waals surface area contributed by atoms with Crippen LogP contribution in [0.15, 0.2) is 12.2 Å². The zero-order chi connectivity index (χ0) is 18.5. The van der Waals surface area contributed by atoms with Gasteiger partial charge in [0.05, 0.1) is 0 Å². The molecule has 0 radical (unpaired) electrons. The van der Waals surface area contributed by atoms with Gasteiger partial charge in [-0.15, -0.1) is 0 Å². The number of hydrogen-bond acceptors (Lipinski definition) is 2. The van der Waals surface area contributed by atoms with Crippen molar-refractivity contribution in [1.29, 1.82) is 0 Å². The Morgan fingerprint density at radius 3 is 2.12 bits per heavy atom. The van der Waals surface area contributed by atoms with E-state index < -0.39 is 6.04 Å². The van der Waals surface area contributed by atoms with Crippen LogP contribution >= 0.6 is 0 Å². The van der Waals surface area contributed by atoms with Crippen LogP contribution in [0.5, 0.6) is 0 Å². The van der Waals surface area contributed by atoms with Gasteiger partial charge >= 0.3 is 0 Å². The van der Waals surface area contributed by atoms with Crippen molar-refractivity contribution in [3.05, 3.63) is 12.2 Å². The number of amides is 2. The second-order valence-electron chi connectivity index (χ2n) is 8.57. The Balaban J connectivity index is 2.70. The van der Waals surface area contributed by atoms with Gasteiger partial charge < -0.3 is 10.6 Å². The van der Waals surface area contributed by atoms with Crippen molar-refractivity contribution in [3.8, 4) is 0 Å². The molecule has 2 amide bonds. The Bertz CT molecular complexity index is 460. The summed E-state index contributed by atoms with van der Waals surface area (Å²) in [7, 11) is 0. The molecule has 0 unspecified atom stereocenters. The van der Waals surface area contributed by atoms with Crippen molar-refractivity contribution in [2.24, 2.45) is 17.8 Å². The van der Waals surface area contributed by atoms with Gasteiger partial charge in [-0.1, -0.05) is 34.3 Å². The van der Waals surface area contributed by atoms with Gasteiger partial charge in [-0.25, -0.2) is 0 Å². The van der Waals surface area contributed by atoms with Gasteiger partial charge in [0.1, 0.15) is 6.04 Å². The summed E-state index contributed by atoms with van der Waals surface area (Å²) in [4.78, 5) is 24.7. The lowest BCUT2D eigenvalue weighted by Gasteiger charge is -2.40. The topological polar surface area (TPSA) is 58.2 Å². The highest BCUT2D eigenvalue weighted by Gasteiger charge is 2.35. The zero-order valence-electron chi connectivity index (χ0n) is 16.4. The molecule has 1 fully saturated rings. The molecule has 0 aliphatic heterocycles. The first kappa shape index (κ1) is 20.7. The van der Waals surface area contributed by atoms with Gasteiger partial charge in [0.2, 0.25) is 11.8 Å². The van der Waals surface area contributed by atoms with E-state index in [4.69, 9.17) is 0 Å². The third kappa shape index (κ3) is 6.29. The number of nitrogens with one attached hydrogen (secondary N) is 2. The highest BCUT2D eigenvalue weighted by molar-refractivity contribution is 5.96. The van der Waals surface area contributed by atoms with Gasteiger partial charge in [-0.05, 0) is 63.7 Å². The van der Waals surface area contributed by atoms with E-state index in [0.717, 1.165) is 31.6 Å². The molecule has 0 bridgehead atoms. The molecule has 2 N–H and O–H groups in total. The summed E-state index contributed by atoms with van der Waals surface area (Å²) in [5, 5.41) is 6.05. The summed E-state index contributed by atoms with van der Waals surface area (Å²) in [5.41, 5.74) is 0.270. The molecule has 4 nitrogen and oxygen atoms in total. The Kier molecular flexibility index (Phi) is 7.50. The first-order chi connectivity index (χ1) is 11.0. The maximum atomic E-state index is 12.8. The SMILES string of the molecule is C=C(C)C(=O)N[C@@H](CC(C)C)C(=O)NC1(C)CCC(C(C)C)CC1. The maximum absolute atomic E-state index is 12.8. The molecule has 0 aromatic rings. The van der Waals surface area contributed by atoms with Gasteiger partial charge in [0.15, 0.2) is 0 Å². The minimum Gasteiger partial charge on any atom is -0.349 e. The highest BCUT2D eigenvalue weighted by Crippen LogP contribution is 2.35. The zero-order valence-corrected chi connectivity index (χ0v) is 16.4. The monoisotopic (exact) mass is 336 g/mol. The summed E-state index contributed by atoms with van der Waals surface area (Å²) in [5.74, 6) is 1.47. The van der Waals surface area contributed by atoms with Crippen LogP contribution in [0.1, 0.15) is 73.6 Å². The summed E-state index contributed by atoms with van der Waals surface area (Å²) < 4.78 is 0. The van der Waals surface area contributed by atoms with Crippen LogP contribution in [0, 0.1) is 17.8 Å². The molecule has 1 aliphatic carbocycles. The number of hydrogen-bond donors (Lipinski definition) is 2. The number of carbonyl (C=O) groups excluding carboxylic acids is 2. The molecule has 138 valence electrons. The van der Waals surface area contributed by atoms with Gasteiger partial charge in [0, 0.05) is 11.1 Å². The van der Waals surface area contributed by atoms with E-state index in [0.29, 0.717) is 23.8 Å². The first-order valence-corrected chi connectivity index (χ1v) is 9.32. The lowest BCUT2D eigenvalue weighted by atomic mass is 9.73. The smallest absolute Gasteiger partial charge is 0.246 e. The normalized spacial score (nSPS) is 25.4. The van der Waals surface area contributed by atoms with E-state index in [9.17, 15) is 9.59 Å². The largest absolute Gasteiger partial charge is 0.349 e. The quantitative estimate of drug-likeness (QED) is 0.695. The standard InChI is InChI=1S/C20H36N2O2/c1-13(2)12-17(21-18(23)15(5)6)19(24)22-20(7)10-8-16(9-11-20)14(3)4/h13-14,16-17H,5,8-12H2,1-4,6-7H3,(H,21,23)(H,22,24)/t16?,17-,20?/m0/s1. The van der Waals surface area contributed by atoms with Crippen LogP contribution in [0.3, 0.4) is 0 Å². The lowest BCUT2D eigenvalue weighted by molar-refractivity contribution is -0.129. The third-order valence-corrected chi connectivity index (χ3v) is 5.22. The fourth-order valence-corrected chi connectivity index (χ4v) is 3.44. The van der Waals surface area contributed by atoms with Crippen LogP contribution in [0.25, 0.3) is 0 Å². The van der Waals surface area contributed by atoms with Crippen LogP contribution in [-0.2, 0) is 9.59 Å². The molecule has 0 spiro atoms. The Labute approximate surface area is 147 Å². The molecule has 0 aromatic carbocycles. The molecule has 1 aliphatic rings. The molecule has 0 heterocycles. The molecule has 1 rings (SSSR count). The maximum Gasteiger partial charge on any atom is 0.246 e. The van der Waals surface area contributed by atoms with Crippen molar-refractivity contribution in [3.63, 3.8) is 0 Å². The average molecular weight is 337 g/mol. The first-order valence-electron chi connectivity index (χ1n) is 9.32. The fourth-order valence-electron chi connectivity index (χ4n) is 3.44. The van der Waals surface area contributed by atoms with E-state index in [2.05, 4.69) is 51.8 Å². The Morgan fingerprint density at radius 1 is 1.17 bits per heavy atom. The van der Waals surface area contributed by atoms with Crippen LogP contribution < -0.4 is 10.6 Å². The number of carbonyl (C=O) groups is 2. The second-order valence-corrected chi connectivity index (χ2v) is 8.57. The summed E-state index contributed by atoms with van der Waals surface area (Å²) in [6, 6.07) is -0.492. The highest BCUT2D eigenvalue weighted by atomic mass is 16.2. The van der Waals surface area contributed by atoms with Crippen LogP contribution in [-0.4, -0.2) is 23.4 Å². The molecule has 1 saturated carbocycles. The van der Waals surface area contributed by atoms with Gasteiger partial charge in [-0.3, -0.25) is 9.59 Å². The minimum absolute atomic E-state index is 0.0659. The summed E-state index contributed by atoms with van der Waals surface area (Å²) >= 11 is 0. The van der Waals surface area contributed by atoms with Crippen molar-refractivity contribution in [2.45, 2.75) is 85.2 Å². The van der Waals surface area contributed by atoms with E-state index in [1.54, 1.807) is 6.92 Å². The van der Waals surface area contributed by atoms with E-state index in [1.165, 1.54) is 0 Å². The van der Waals surface area contributed by atoms with Gasteiger partial charge in [0.25, 0.3) is 0 Å². The third-order valence-electron chi connectivity index (χ3n) is 5.22.